The Labute approximate surface area is 204 Å². The first kappa shape index (κ1) is 31.3. The molecule has 0 atom stereocenters. The molecule has 0 aliphatic rings. The maximum Gasteiger partial charge on any atom is 0.242 e. The molecule has 0 spiro atoms. The summed E-state index contributed by atoms with van der Waals surface area (Å²) in [7, 11) is -3.86. The van der Waals surface area contributed by atoms with Crippen LogP contribution >= 0.6 is 0 Å². The zero-order valence-corrected chi connectivity index (χ0v) is 27.0. The second kappa shape index (κ2) is 9.86. The highest BCUT2D eigenvalue weighted by molar-refractivity contribution is 6.70. The fraction of sp³-hybridized carbons (Fsp3) is 0.786. The summed E-state index contributed by atoms with van der Waals surface area (Å²) < 4.78 is 14.0. The normalized spacial score (nSPS) is 16.7. The van der Waals surface area contributed by atoms with Crippen LogP contribution in [0.4, 0.5) is 0 Å². The lowest BCUT2D eigenvalue weighted by Gasteiger charge is -2.38. The summed E-state index contributed by atoms with van der Waals surface area (Å²) in [5.74, 6) is 1.92. The molecule has 32 heavy (non-hydrogen) atoms. The lowest BCUT2D eigenvalue weighted by molar-refractivity contribution is 0.312. The van der Waals surface area contributed by atoms with Crippen LogP contribution < -0.4 is 0 Å². The van der Waals surface area contributed by atoms with Gasteiger partial charge in [0.1, 0.15) is 11.5 Å². The van der Waals surface area contributed by atoms with E-state index in [-0.39, 0.29) is 21.7 Å². The molecule has 0 aromatic rings. The van der Waals surface area contributed by atoms with E-state index < -0.39 is 16.6 Å². The Morgan fingerprint density at radius 2 is 0.688 bits per heavy atom. The van der Waals surface area contributed by atoms with E-state index in [1.54, 1.807) is 0 Å². The molecule has 2 nitrogen and oxygen atoms in total. The summed E-state index contributed by atoms with van der Waals surface area (Å²) in [4.78, 5) is 0. The summed E-state index contributed by atoms with van der Waals surface area (Å²) in [6.07, 6.45) is 4.79. The molecule has 0 bridgehead atoms. The number of rotatable bonds is 6. The van der Waals surface area contributed by atoms with E-state index in [0.29, 0.717) is 0 Å². The van der Waals surface area contributed by atoms with Crippen LogP contribution in [0.3, 0.4) is 0 Å². The Balaban J connectivity index is 7.85. The highest BCUT2D eigenvalue weighted by atomic mass is 28.4. The Morgan fingerprint density at radius 3 is 0.812 bits per heavy atom. The summed E-state index contributed by atoms with van der Waals surface area (Å²) in [6.45, 7) is 40.9. The van der Waals surface area contributed by atoms with Gasteiger partial charge in [0.15, 0.2) is 0 Å². The van der Waals surface area contributed by atoms with E-state index in [1.165, 1.54) is 11.1 Å². The highest BCUT2D eigenvalue weighted by Gasteiger charge is 2.37. The molecule has 0 saturated carbocycles. The van der Waals surface area contributed by atoms with E-state index in [2.05, 4.69) is 135 Å². The van der Waals surface area contributed by atoms with Crippen molar-refractivity contribution < 1.29 is 8.85 Å². The first-order valence-electron chi connectivity index (χ1n) is 12.2. The smallest absolute Gasteiger partial charge is 0.242 e. The van der Waals surface area contributed by atoms with Gasteiger partial charge in [-0.05, 0) is 72.1 Å². The molecule has 0 aromatic carbocycles. The van der Waals surface area contributed by atoms with Gasteiger partial charge in [0.25, 0.3) is 0 Å². The van der Waals surface area contributed by atoms with Crippen LogP contribution in [0.2, 0.25) is 39.3 Å². The minimum absolute atomic E-state index is 0.0244. The number of hydrogen-bond acceptors (Lipinski definition) is 2. The third-order valence-corrected chi connectivity index (χ3v) is 5.92. The average Bonchev–Trinajstić information content (AvgIpc) is 2.40. The van der Waals surface area contributed by atoms with Crippen LogP contribution in [0.25, 0.3) is 0 Å². The number of allylic oxidation sites excluding steroid dienone is 4. The first-order chi connectivity index (χ1) is 13.6. The van der Waals surface area contributed by atoms with Gasteiger partial charge < -0.3 is 8.85 Å². The minimum atomic E-state index is -1.93. The van der Waals surface area contributed by atoms with Crippen molar-refractivity contribution in [3.05, 3.63) is 34.8 Å². The van der Waals surface area contributed by atoms with Crippen LogP contribution in [-0.4, -0.2) is 16.6 Å². The average molecular weight is 481 g/mol. The summed E-state index contributed by atoms with van der Waals surface area (Å²) in [6, 6.07) is 0. The standard InChI is InChI=1S/C28H56O2Si2/c1-25(2,3)19-21(27(7,8)9)23(29-31(13,14)15)24(30-32(16,17)18)22(28(10,11)12)20-26(4,5)6/h19-20H,1-18H3/b21-19-,22-20+,24-23-. The fourth-order valence-corrected chi connectivity index (χ4v) is 4.80. The maximum absolute atomic E-state index is 6.98. The van der Waals surface area contributed by atoms with Crippen LogP contribution in [0.1, 0.15) is 83.1 Å². The molecule has 4 heteroatoms. The van der Waals surface area contributed by atoms with E-state index in [0.717, 1.165) is 11.5 Å². The second-order valence-electron chi connectivity index (χ2n) is 15.4. The lowest BCUT2D eigenvalue weighted by Crippen LogP contribution is -2.34. The fourth-order valence-electron chi connectivity index (χ4n) is 3.17. The molecule has 0 aromatic heterocycles. The van der Waals surface area contributed by atoms with Crippen molar-refractivity contribution in [3.63, 3.8) is 0 Å². The van der Waals surface area contributed by atoms with Gasteiger partial charge >= 0.3 is 0 Å². The van der Waals surface area contributed by atoms with Gasteiger partial charge in [-0.25, -0.2) is 0 Å². The largest absolute Gasteiger partial charge is 0.542 e. The molecular formula is C28H56O2Si2. The molecule has 0 heterocycles. The molecule has 0 rings (SSSR count). The molecular weight excluding hydrogens is 424 g/mol. The van der Waals surface area contributed by atoms with E-state index in [4.69, 9.17) is 8.85 Å². The first-order valence-corrected chi connectivity index (χ1v) is 19.0. The molecule has 0 radical (unpaired) electrons. The molecule has 0 aliphatic heterocycles. The van der Waals surface area contributed by atoms with Crippen LogP contribution in [0.5, 0.6) is 0 Å². The highest BCUT2D eigenvalue weighted by Crippen LogP contribution is 2.44. The van der Waals surface area contributed by atoms with Gasteiger partial charge in [0.2, 0.25) is 16.6 Å². The van der Waals surface area contributed by atoms with Crippen molar-refractivity contribution in [1.82, 2.24) is 0 Å². The minimum Gasteiger partial charge on any atom is -0.542 e. The van der Waals surface area contributed by atoms with Gasteiger partial charge in [-0.1, -0.05) is 95.2 Å². The van der Waals surface area contributed by atoms with Gasteiger partial charge in [-0.3, -0.25) is 0 Å². The third-order valence-electron chi connectivity index (χ3n) is 4.28. The molecule has 0 N–H and O–H groups in total. The Kier molecular flexibility index (Phi) is 9.63. The number of hydrogen-bond donors (Lipinski definition) is 0. The van der Waals surface area contributed by atoms with Crippen molar-refractivity contribution in [2.45, 2.75) is 122 Å². The van der Waals surface area contributed by atoms with Gasteiger partial charge in [0, 0.05) is 0 Å². The zero-order valence-electron chi connectivity index (χ0n) is 25.0. The summed E-state index contributed by atoms with van der Waals surface area (Å²) >= 11 is 0. The van der Waals surface area contributed by atoms with Gasteiger partial charge in [-0.15, -0.1) is 0 Å². The predicted molar refractivity (Wildman–Crippen MR) is 150 cm³/mol. The van der Waals surface area contributed by atoms with E-state index in [9.17, 15) is 0 Å². The van der Waals surface area contributed by atoms with Crippen molar-refractivity contribution >= 4 is 16.6 Å². The predicted octanol–water partition coefficient (Wildman–Crippen LogP) is 9.94. The molecule has 188 valence electrons. The quantitative estimate of drug-likeness (QED) is 0.214. The van der Waals surface area contributed by atoms with Crippen molar-refractivity contribution in [1.29, 1.82) is 0 Å². The molecule has 0 unspecified atom stereocenters. The zero-order chi connectivity index (χ0) is 26.1. The van der Waals surface area contributed by atoms with Crippen LogP contribution in [0.15, 0.2) is 34.8 Å². The third kappa shape index (κ3) is 12.5. The van der Waals surface area contributed by atoms with Crippen LogP contribution in [-0.2, 0) is 8.85 Å². The maximum atomic E-state index is 6.98. The van der Waals surface area contributed by atoms with Crippen LogP contribution in [0, 0.1) is 21.7 Å². The summed E-state index contributed by atoms with van der Waals surface area (Å²) in [5, 5.41) is 0. The monoisotopic (exact) mass is 480 g/mol. The van der Waals surface area contributed by atoms with E-state index in [1.807, 2.05) is 0 Å². The van der Waals surface area contributed by atoms with Crippen molar-refractivity contribution in [2.24, 2.45) is 21.7 Å². The second-order valence-corrected chi connectivity index (χ2v) is 24.3. The van der Waals surface area contributed by atoms with Crippen molar-refractivity contribution in [2.75, 3.05) is 0 Å². The molecule has 0 saturated heterocycles. The van der Waals surface area contributed by atoms with Crippen molar-refractivity contribution in [3.8, 4) is 0 Å². The molecule has 0 fully saturated rings. The Morgan fingerprint density at radius 1 is 0.469 bits per heavy atom. The van der Waals surface area contributed by atoms with Gasteiger partial charge in [-0.2, -0.15) is 0 Å². The Bertz CT molecular complexity index is 663. The topological polar surface area (TPSA) is 18.5 Å². The van der Waals surface area contributed by atoms with Gasteiger partial charge in [0.05, 0.1) is 0 Å². The summed E-state index contributed by atoms with van der Waals surface area (Å²) in [5.41, 5.74) is 2.37. The molecule has 0 aliphatic carbocycles. The van der Waals surface area contributed by atoms with E-state index >= 15 is 0 Å². The Hall–Kier alpha value is -0.746. The molecule has 0 amide bonds. The lowest BCUT2D eigenvalue weighted by atomic mass is 9.76. The SMILES string of the molecule is CC(C)(C)\C=C(/C(O[Si](C)(C)C)=C(O[Si](C)(C)C)\C(=C\C(C)(C)C)C(C)(C)C)C(C)(C)C.